The van der Waals surface area contributed by atoms with Crippen molar-refractivity contribution in [2.24, 2.45) is 5.92 Å². The lowest BCUT2D eigenvalue weighted by Crippen LogP contribution is -2.55. The topological polar surface area (TPSA) is 38.7 Å². The highest BCUT2D eigenvalue weighted by Gasteiger charge is 2.32. The molecule has 124 valence electrons. The average molecular weight is 297 g/mol. The summed E-state index contributed by atoms with van der Waals surface area (Å²) < 4.78 is 0. The van der Waals surface area contributed by atoms with Crippen LogP contribution < -0.4 is 5.32 Å². The smallest absolute Gasteiger partial charge is 0.0445 e. The summed E-state index contributed by atoms with van der Waals surface area (Å²) in [6.07, 6.45) is 6.21. The van der Waals surface area contributed by atoms with Gasteiger partial charge in [0.15, 0.2) is 0 Å². The van der Waals surface area contributed by atoms with Crippen molar-refractivity contribution in [3.8, 4) is 0 Å². The molecule has 2 heterocycles. The van der Waals surface area contributed by atoms with Crippen molar-refractivity contribution in [3.05, 3.63) is 0 Å². The molecule has 0 bridgehead atoms. The van der Waals surface area contributed by atoms with Gasteiger partial charge in [0.25, 0.3) is 0 Å². The van der Waals surface area contributed by atoms with Crippen LogP contribution in [0.2, 0.25) is 0 Å². The standard InChI is InChI=1S/C17H35N3O/c1-3-19(4-2)17-13-18-10-8-15(17)14-20-11-6-5-7-16(20)9-12-21/h15-18,21H,3-14H2,1-2H3. The molecular formula is C17H35N3O. The third-order valence-corrected chi connectivity index (χ3v) is 5.55. The summed E-state index contributed by atoms with van der Waals surface area (Å²) in [7, 11) is 0. The molecule has 2 aliphatic heterocycles. The number of nitrogens with zero attached hydrogens (tertiary/aromatic N) is 2. The molecule has 0 aliphatic carbocycles. The Morgan fingerprint density at radius 1 is 1.19 bits per heavy atom. The minimum Gasteiger partial charge on any atom is -0.396 e. The van der Waals surface area contributed by atoms with Crippen molar-refractivity contribution in [1.29, 1.82) is 0 Å². The molecule has 2 aliphatic rings. The van der Waals surface area contributed by atoms with Crippen LogP contribution in [-0.2, 0) is 0 Å². The second-order valence-electron chi connectivity index (χ2n) is 6.70. The van der Waals surface area contributed by atoms with Gasteiger partial charge in [-0.1, -0.05) is 20.3 Å². The van der Waals surface area contributed by atoms with Crippen molar-refractivity contribution in [2.45, 2.75) is 58.0 Å². The lowest BCUT2D eigenvalue weighted by molar-refractivity contribution is 0.0543. The lowest BCUT2D eigenvalue weighted by Gasteiger charge is -2.44. The van der Waals surface area contributed by atoms with E-state index < -0.39 is 0 Å². The molecule has 3 unspecified atom stereocenters. The zero-order chi connectivity index (χ0) is 15.1. The molecule has 0 amide bonds. The van der Waals surface area contributed by atoms with Gasteiger partial charge < -0.3 is 10.4 Å². The molecule has 4 nitrogen and oxygen atoms in total. The quantitative estimate of drug-likeness (QED) is 0.748. The predicted octanol–water partition coefficient (Wildman–Crippen LogP) is 1.54. The number of aliphatic hydroxyl groups excluding tert-OH is 1. The summed E-state index contributed by atoms with van der Waals surface area (Å²) in [6.45, 7) is 12.0. The number of piperidine rings is 2. The van der Waals surface area contributed by atoms with Crippen LogP contribution in [-0.4, -0.2) is 72.9 Å². The SMILES string of the molecule is CCN(CC)C1CNCCC1CN1CCCCC1CCO. The van der Waals surface area contributed by atoms with Gasteiger partial charge in [0.2, 0.25) is 0 Å². The zero-order valence-corrected chi connectivity index (χ0v) is 14.1. The van der Waals surface area contributed by atoms with E-state index in [2.05, 4.69) is 29.0 Å². The van der Waals surface area contributed by atoms with Gasteiger partial charge in [-0.25, -0.2) is 0 Å². The maximum Gasteiger partial charge on any atom is 0.0445 e. The van der Waals surface area contributed by atoms with E-state index in [0.29, 0.717) is 18.7 Å². The first-order valence-electron chi connectivity index (χ1n) is 9.09. The van der Waals surface area contributed by atoms with E-state index in [0.717, 1.165) is 32.0 Å². The number of rotatable bonds is 7. The third kappa shape index (κ3) is 4.65. The Morgan fingerprint density at radius 2 is 2.00 bits per heavy atom. The Labute approximate surface area is 130 Å². The van der Waals surface area contributed by atoms with Gasteiger partial charge >= 0.3 is 0 Å². The molecule has 4 heteroatoms. The number of hydrogen-bond acceptors (Lipinski definition) is 4. The Morgan fingerprint density at radius 3 is 2.71 bits per heavy atom. The van der Waals surface area contributed by atoms with E-state index in [1.54, 1.807) is 0 Å². The molecule has 0 aromatic carbocycles. The van der Waals surface area contributed by atoms with Crippen molar-refractivity contribution in [2.75, 3.05) is 45.9 Å². The minimum absolute atomic E-state index is 0.340. The van der Waals surface area contributed by atoms with Crippen molar-refractivity contribution in [3.63, 3.8) is 0 Å². The number of nitrogens with one attached hydrogen (secondary N) is 1. The number of hydrogen-bond donors (Lipinski definition) is 2. The van der Waals surface area contributed by atoms with Crippen LogP contribution in [0.15, 0.2) is 0 Å². The molecule has 21 heavy (non-hydrogen) atoms. The van der Waals surface area contributed by atoms with Gasteiger partial charge in [-0.15, -0.1) is 0 Å². The molecule has 2 N–H and O–H groups in total. The first-order valence-corrected chi connectivity index (χ1v) is 9.09. The average Bonchev–Trinajstić information content (AvgIpc) is 2.52. The molecule has 2 fully saturated rings. The van der Waals surface area contributed by atoms with Gasteiger partial charge in [-0.05, 0) is 57.8 Å². The summed E-state index contributed by atoms with van der Waals surface area (Å²) in [4.78, 5) is 5.31. The molecule has 0 radical (unpaired) electrons. The highest BCUT2D eigenvalue weighted by atomic mass is 16.3. The fourth-order valence-electron chi connectivity index (χ4n) is 4.31. The molecule has 0 saturated carbocycles. The maximum absolute atomic E-state index is 9.31. The number of likely N-dealkylation sites (tertiary alicyclic amines) is 1. The van der Waals surface area contributed by atoms with Crippen molar-refractivity contribution >= 4 is 0 Å². The largest absolute Gasteiger partial charge is 0.396 e. The van der Waals surface area contributed by atoms with E-state index in [1.165, 1.54) is 45.3 Å². The van der Waals surface area contributed by atoms with E-state index in [-0.39, 0.29) is 0 Å². The summed E-state index contributed by atoms with van der Waals surface area (Å²) in [6, 6.07) is 1.31. The third-order valence-electron chi connectivity index (χ3n) is 5.55. The van der Waals surface area contributed by atoms with Crippen LogP contribution in [0.3, 0.4) is 0 Å². The van der Waals surface area contributed by atoms with Gasteiger partial charge in [0.1, 0.15) is 0 Å². The van der Waals surface area contributed by atoms with Crippen molar-refractivity contribution < 1.29 is 5.11 Å². The molecule has 0 spiro atoms. The highest BCUT2D eigenvalue weighted by Crippen LogP contribution is 2.25. The first-order chi connectivity index (χ1) is 10.3. The van der Waals surface area contributed by atoms with Crippen LogP contribution in [0, 0.1) is 5.92 Å². The summed E-state index contributed by atoms with van der Waals surface area (Å²) in [5, 5.41) is 12.9. The normalized spacial score (nSPS) is 31.7. The van der Waals surface area contributed by atoms with Gasteiger partial charge in [0, 0.05) is 31.8 Å². The Bertz CT molecular complexity index is 281. The summed E-state index contributed by atoms with van der Waals surface area (Å²) in [5.74, 6) is 0.783. The molecule has 2 rings (SSSR count). The van der Waals surface area contributed by atoms with E-state index in [4.69, 9.17) is 0 Å². The number of aliphatic hydroxyl groups is 1. The fraction of sp³-hybridized carbons (Fsp3) is 1.00. The van der Waals surface area contributed by atoms with E-state index in [1.807, 2.05) is 0 Å². The van der Waals surface area contributed by atoms with E-state index in [9.17, 15) is 5.11 Å². The molecule has 0 aromatic rings. The Hall–Kier alpha value is -0.160. The first kappa shape index (κ1) is 17.2. The summed E-state index contributed by atoms with van der Waals surface area (Å²) >= 11 is 0. The monoisotopic (exact) mass is 297 g/mol. The second kappa shape index (κ2) is 9.09. The highest BCUT2D eigenvalue weighted by molar-refractivity contribution is 4.89. The molecule has 2 saturated heterocycles. The van der Waals surface area contributed by atoms with Crippen molar-refractivity contribution in [1.82, 2.24) is 15.1 Å². The molecular weight excluding hydrogens is 262 g/mol. The Balaban J connectivity index is 1.96. The van der Waals surface area contributed by atoms with Crippen LogP contribution in [0.1, 0.15) is 46.0 Å². The van der Waals surface area contributed by atoms with Crippen LogP contribution in [0.25, 0.3) is 0 Å². The van der Waals surface area contributed by atoms with Gasteiger partial charge in [-0.2, -0.15) is 0 Å². The number of likely N-dealkylation sites (N-methyl/N-ethyl adjacent to an activating group) is 1. The zero-order valence-electron chi connectivity index (χ0n) is 14.1. The predicted molar refractivity (Wildman–Crippen MR) is 88.6 cm³/mol. The molecule has 0 aromatic heterocycles. The van der Waals surface area contributed by atoms with E-state index >= 15 is 0 Å². The maximum atomic E-state index is 9.31. The second-order valence-corrected chi connectivity index (χ2v) is 6.70. The van der Waals surface area contributed by atoms with Crippen LogP contribution in [0.5, 0.6) is 0 Å². The fourth-order valence-corrected chi connectivity index (χ4v) is 4.31. The van der Waals surface area contributed by atoms with Gasteiger partial charge in [-0.3, -0.25) is 9.80 Å². The lowest BCUT2D eigenvalue weighted by atomic mass is 9.88. The Kier molecular flexibility index (Phi) is 7.44. The minimum atomic E-state index is 0.340. The van der Waals surface area contributed by atoms with Gasteiger partial charge in [0.05, 0.1) is 0 Å². The van der Waals surface area contributed by atoms with Crippen LogP contribution >= 0.6 is 0 Å². The summed E-state index contributed by atoms with van der Waals surface area (Å²) in [5.41, 5.74) is 0. The van der Waals surface area contributed by atoms with Crippen LogP contribution in [0.4, 0.5) is 0 Å². The molecule has 3 atom stereocenters.